The zero-order chi connectivity index (χ0) is 18.5. The Labute approximate surface area is 162 Å². The van der Waals surface area contributed by atoms with Crippen LogP contribution in [-0.4, -0.2) is 47.1 Å². The summed E-state index contributed by atoms with van der Waals surface area (Å²) in [6.45, 7) is 4.70. The minimum atomic E-state index is 0.171. The summed E-state index contributed by atoms with van der Waals surface area (Å²) in [5.41, 5.74) is 0.920. The van der Waals surface area contributed by atoms with Crippen LogP contribution in [0.3, 0.4) is 0 Å². The van der Waals surface area contributed by atoms with Gasteiger partial charge in [0, 0.05) is 18.4 Å². The molecule has 0 aliphatic carbocycles. The first-order chi connectivity index (χ1) is 13.3. The van der Waals surface area contributed by atoms with Crippen molar-refractivity contribution in [3.05, 3.63) is 58.6 Å². The van der Waals surface area contributed by atoms with E-state index in [1.54, 1.807) is 16.2 Å². The fraction of sp³-hybridized carbons (Fsp3) is 0.350. The lowest BCUT2D eigenvalue weighted by molar-refractivity contribution is -0.917. The third kappa shape index (κ3) is 4.61. The Bertz CT molecular complexity index is 855. The molecule has 0 radical (unpaired) electrons. The number of amides is 1. The second-order valence-corrected chi connectivity index (χ2v) is 7.80. The fourth-order valence-corrected chi connectivity index (χ4v) is 4.12. The maximum atomic E-state index is 12.5. The number of hydrogen-bond donors (Lipinski definition) is 1. The Morgan fingerprint density at radius 2 is 1.96 bits per heavy atom. The number of piperazine rings is 1. The number of hydrogen-bond acceptors (Lipinski definition) is 5. The molecule has 1 saturated heterocycles. The number of rotatable bonds is 6. The lowest BCUT2D eigenvalue weighted by Gasteiger charge is -2.32. The molecule has 140 valence electrons. The van der Waals surface area contributed by atoms with Gasteiger partial charge in [-0.25, -0.2) is 0 Å². The number of nitrogens with one attached hydrogen (secondary N) is 1. The molecule has 1 N–H and O–H groups in total. The van der Waals surface area contributed by atoms with Crippen molar-refractivity contribution in [1.29, 1.82) is 0 Å². The number of thiophene rings is 1. The fourth-order valence-electron chi connectivity index (χ4n) is 3.34. The Balaban J connectivity index is 1.24. The van der Waals surface area contributed by atoms with Crippen LogP contribution in [0.4, 0.5) is 0 Å². The number of benzene rings is 1. The van der Waals surface area contributed by atoms with Gasteiger partial charge >= 0.3 is 0 Å². The third-order valence-corrected chi connectivity index (χ3v) is 5.76. The monoisotopic (exact) mass is 383 g/mol. The van der Waals surface area contributed by atoms with Crippen LogP contribution in [0.2, 0.25) is 0 Å². The molecule has 0 spiro atoms. The van der Waals surface area contributed by atoms with Crippen molar-refractivity contribution in [1.82, 2.24) is 15.0 Å². The number of aromatic nitrogens is 2. The second-order valence-electron chi connectivity index (χ2n) is 6.76. The Morgan fingerprint density at radius 1 is 1.15 bits per heavy atom. The topological polar surface area (TPSA) is 63.7 Å². The highest BCUT2D eigenvalue weighted by Crippen LogP contribution is 2.15. The van der Waals surface area contributed by atoms with E-state index in [0.29, 0.717) is 24.6 Å². The highest BCUT2D eigenvalue weighted by molar-refractivity contribution is 7.09. The van der Waals surface area contributed by atoms with Gasteiger partial charge in [-0.15, -0.1) is 11.3 Å². The summed E-state index contributed by atoms with van der Waals surface area (Å²) in [6.07, 6.45) is 0.900. The van der Waals surface area contributed by atoms with Crippen molar-refractivity contribution in [2.45, 2.75) is 19.4 Å². The van der Waals surface area contributed by atoms with E-state index in [9.17, 15) is 4.79 Å². The summed E-state index contributed by atoms with van der Waals surface area (Å²) < 4.78 is 5.30. The molecular weight excluding hydrogens is 360 g/mol. The Morgan fingerprint density at radius 3 is 2.70 bits per heavy atom. The summed E-state index contributed by atoms with van der Waals surface area (Å²) in [5.74, 6) is 1.26. The van der Waals surface area contributed by atoms with Gasteiger partial charge in [0.1, 0.15) is 6.54 Å². The average Bonchev–Trinajstić information content (AvgIpc) is 3.39. The van der Waals surface area contributed by atoms with Crippen molar-refractivity contribution in [3.8, 4) is 11.4 Å². The summed E-state index contributed by atoms with van der Waals surface area (Å²) in [6, 6.07) is 14.0. The standard InChI is InChI=1S/C20H22N4O2S/c25-19(24-12-10-23(11-13-24)15-17-7-4-14-27-17)9-8-18-21-20(22-26-18)16-5-2-1-3-6-16/h1-7,14H,8-13,15H2/p+1. The predicted molar refractivity (Wildman–Crippen MR) is 103 cm³/mol. The van der Waals surface area contributed by atoms with Crippen molar-refractivity contribution in [2.24, 2.45) is 0 Å². The summed E-state index contributed by atoms with van der Waals surface area (Å²) >= 11 is 1.81. The molecule has 3 aromatic rings. The normalized spacial score (nSPS) is 15.2. The van der Waals surface area contributed by atoms with Crippen LogP contribution in [0.25, 0.3) is 11.4 Å². The molecule has 1 aliphatic rings. The van der Waals surface area contributed by atoms with Crippen LogP contribution in [-0.2, 0) is 17.8 Å². The van der Waals surface area contributed by atoms with Gasteiger partial charge in [-0.3, -0.25) is 4.79 Å². The molecule has 1 aliphatic heterocycles. The number of quaternary nitrogens is 1. The maximum Gasteiger partial charge on any atom is 0.227 e. The largest absolute Gasteiger partial charge is 0.339 e. The van der Waals surface area contributed by atoms with Gasteiger partial charge in [0.15, 0.2) is 0 Å². The summed E-state index contributed by atoms with van der Waals surface area (Å²) in [7, 11) is 0. The highest BCUT2D eigenvalue weighted by Gasteiger charge is 2.24. The van der Waals surface area contributed by atoms with E-state index in [2.05, 4.69) is 27.7 Å². The highest BCUT2D eigenvalue weighted by atomic mass is 32.1. The predicted octanol–water partition coefficient (Wildman–Crippen LogP) is 1.66. The number of carbonyl (C=O) groups is 1. The van der Waals surface area contributed by atoms with Gasteiger partial charge in [0.2, 0.25) is 17.6 Å². The molecule has 4 rings (SSSR count). The third-order valence-electron chi connectivity index (χ3n) is 4.88. The average molecular weight is 383 g/mol. The molecule has 0 bridgehead atoms. The molecule has 3 heterocycles. The van der Waals surface area contributed by atoms with Crippen molar-refractivity contribution >= 4 is 17.2 Å². The van der Waals surface area contributed by atoms with Crippen LogP contribution in [0.1, 0.15) is 17.2 Å². The van der Waals surface area contributed by atoms with E-state index in [1.165, 1.54) is 4.88 Å². The number of aryl methyl sites for hydroxylation is 1. The molecule has 6 nitrogen and oxygen atoms in total. The van der Waals surface area contributed by atoms with E-state index in [4.69, 9.17) is 4.52 Å². The Kier molecular flexibility index (Phi) is 5.60. The number of carbonyl (C=O) groups excluding carboxylic acids is 1. The molecule has 0 unspecified atom stereocenters. The first-order valence-electron chi connectivity index (χ1n) is 9.29. The SMILES string of the molecule is O=C(CCc1nc(-c2ccccc2)no1)N1CC[NH+](Cc2cccs2)CC1. The zero-order valence-corrected chi connectivity index (χ0v) is 16.0. The van der Waals surface area contributed by atoms with Gasteiger partial charge in [0.05, 0.1) is 31.1 Å². The van der Waals surface area contributed by atoms with Crippen molar-refractivity contribution < 1.29 is 14.2 Å². The molecule has 7 heteroatoms. The molecular formula is C20H23N4O2S+. The molecule has 27 heavy (non-hydrogen) atoms. The van der Waals surface area contributed by atoms with Crippen LogP contribution in [0.5, 0.6) is 0 Å². The van der Waals surface area contributed by atoms with Gasteiger partial charge in [-0.1, -0.05) is 41.6 Å². The molecule has 1 amide bonds. The second kappa shape index (κ2) is 8.45. The lowest BCUT2D eigenvalue weighted by Crippen LogP contribution is -3.13. The maximum absolute atomic E-state index is 12.5. The lowest BCUT2D eigenvalue weighted by atomic mass is 10.2. The van der Waals surface area contributed by atoms with E-state index in [-0.39, 0.29) is 5.91 Å². The zero-order valence-electron chi connectivity index (χ0n) is 15.1. The molecule has 0 saturated carbocycles. The Hall–Kier alpha value is -2.51. The minimum absolute atomic E-state index is 0.171. The van der Waals surface area contributed by atoms with Crippen LogP contribution >= 0.6 is 11.3 Å². The summed E-state index contributed by atoms with van der Waals surface area (Å²) in [4.78, 5) is 21.8. The summed E-state index contributed by atoms with van der Waals surface area (Å²) in [5, 5.41) is 6.13. The van der Waals surface area contributed by atoms with Crippen molar-refractivity contribution in [3.63, 3.8) is 0 Å². The van der Waals surface area contributed by atoms with E-state index in [0.717, 1.165) is 38.3 Å². The first-order valence-corrected chi connectivity index (χ1v) is 10.2. The number of nitrogens with zero attached hydrogens (tertiary/aromatic N) is 3. The molecule has 1 aromatic carbocycles. The quantitative estimate of drug-likeness (QED) is 0.703. The smallest absolute Gasteiger partial charge is 0.227 e. The van der Waals surface area contributed by atoms with Gasteiger partial charge in [0.25, 0.3) is 0 Å². The van der Waals surface area contributed by atoms with Crippen LogP contribution in [0, 0.1) is 0 Å². The molecule has 0 atom stereocenters. The first kappa shape index (κ1) is 17.9. The van der Waals surface area contributed by atoms with Gasteiger partial charge in [-0.05, 0) is 11.4 Å². The van der Waals surface area contributed by atoms with E-state index < -0.39 is 0 Å². The van der Waals surface area contributed by atoms with Gasteiger partial charge < -0.3 is 14.3 Å². The van der Waals surface area contributed by atoms with Crippen LogP contribution < -0.4 is 4.90 Å². The molecule has 1 fully saturated rings. The minimum Gasteiger partial charge on any atom is -0.339 e. The van der Waals surface area contributed by atoms with E-state index in [1.807, 2.05) is 35.2 Å². The molecule has 2 aromatic heterocycles. The van der Waals surface area contributed by atoms with Gasteiger partial charge in [-0.2, -0.15) is 4.98 Å². The van der Waals surface area contributed by atoms with E-state index >= 15 is 0 Å². The van der Waals surface area contributed by atoms with Crippen molar-refractivity contribution in [2.75, 3.05) is 26.2 Å². The van der Waals surface area contributed by atoms with Crippen LogP contribution in [0.15, 0.2) is 52.4 Å².